The van der Waals surface area contributed by atoms with E-state index in [4.69, 9.17) is 16.3 Å². The molecule has 2 aromatic carbocycles. The lowest BCUT2D eigenvalue weighted by molar-refractivity contribution is 0.417. The van der Waals surface area contributed by atoms with Crippen LogP contribution in [0, 0.1) is 11.3 Å². The Hall–Kier alpha value is -2.77. The second-order valence-electron chi connectivity index (χ2n) is 5.35. The van der Waals surface area contributed by atoms with Crippen molar-refractivity contribution in [1.29, 1.82) is 5.26 Å². The van der Waals surface area contributed by atoms with Gasteiger partial charge in [0.15, 0.2) is 0 Å². The molecule has 24 heavy (non-hydrogen) atoms. The fraction of sp³-hybridized carbons (Fsp3) is 0.158. The first-order valence-corrected chi connectivity index (χ1v) is 7.96. The summed E-state index contributed by atoms with van der Waals surface area (Å²) in [5.74, 6) is 1.11. The molecule has 0 bridgehead atoms. The summed E-state index contributed by atoms with van der Waals surface area (Å²) in [6, 6.07) is 15.4. The van der Waals surface area contributed by atoms with Gasteiger partial charge in [0.05, 0.1) is 23.9 Å². The van der Waals surface area contributed by atoms with E-state index in [0.717, 1.165) is 17.3 Å². The van der Waals surface area contributed by atoms with Gasteiger partial charge in [-0.05, 0) is 48.4 Å². The summed E-state index contributed by atoms with van der Waals surface area (Å²) in [6.07, 6.45) is 0.942. The fourth-order valence-electron chi connectivity index (χ4n) is 2.53. The lowest BCUT2D eigenvalue weighted by atomic mass is 10.1. The molecule has 0 aliphatic carbocycles. The molecule has 0 saturated heterocycles. The molecule has 0 amide bonds. The minimum Gasteiger partial charge on any atom is -0.495 e. The van der Waals surface area contributed by atoms with Crippen molar-refractivity contribution in [2.24, 2.45) is 0 Å². The van der Waals surface area contributed by atoms with Gasteiger partial charge in [0.1, 0.15) is 17.6 Å². The van der Waals surface area contributed by atoms with E-state index in [-0.39, 0.29) is 0 Å². The number of aromatic nitrogens is 1. The van der Waals surface area contributed by atoms with Gasteiger partial charge < -0.3 is 10.1 Å². The average molecular weight is 338 g/mol. The van der Waals surface area contributed by atoms with E-state index in [1.54, 1.807) is 25.3 Å². The smallest absolute Gasteiger partial charge is 0.149 e. The van der Waals surface area contributed by atoms with Crippen molar-refractivity contribution in [3.63, 3.8) is 0 Å². The van der Waals surface area contributed by atoms with Crippen LogP contribution in [-0.2, 0) is 6.42 Å². The van der Waals surface area contributed by atoms with Gasteiger partial charge in [0.25, 0.3) is 0 Å². The van der Waals surface area contributed by atoms with E-state index >= 15 is 0 Å². The Bertz CT molecular complexity index is 947. The van der Waals surface area contributed by atoms with Crippen LogP contribution in [0.5, 0.6) is 5.75 Å². The average Bonchev–Trinajstić information content (AvgIpc) is 2.61. The van der Waals surface area contributed by atoms with Crippen molar-refractivity contribution in [3.05, 3.63) is 58.6 Å². The van der Waals surface area contributed by atoms with Crippen LogP contribution in [0.1, 0.15) is 18.1 Å². The number of fused-ring (bicyclic) bond motifs is 1. The molecule has 0 spiro atoms. The number of hydrogen-bond acceptors (Lipinski definition) is 4. The predicted octanol–water partition coefficient (Wildman–Crippen LogP) is 5.07. The molecule has 0 radical (unpaired) electrons. The predicted molar refractivity (Wildman–Crippen MR) is 97.1 cm³/mol. The summed E-state index contributed by atoms with van der Waals surface area (Å²) >= 11 is 6.06. The van der Waals surface area contributed by atoms with Crippen LogP contribution in [0.3, 0.4) is 0 Å². The zero-order valence-corrected chi connectivity index (χ0v) is 14.2. The Labute approximate surface area is 145 Å². The van der Waals surface area contributed by atoms with E-state index in [2.05, 4.69) is 29.4 Å². The molecule has 4 nitrogen and oxygen atoms in total. The molecule has 0 unspecified atom stereocenters. The zero-order chi connectivity index (χ0) is 17.1. The van der Waals surface area contributed by atoms with Crippen LogP contribution < -0.4 is 10.1 Å². The van der Waals surface area contributed by atoms with Crippen molar-refractivity contribution in [2.45, 2.75) is 13.3 Å². The highest BCUT2D eigenvalue weighted by Gasteiger charge is 2.11. The Morgan fingerprint density at radius 1 is 1.21 bits per heavy atom. The van der Waals surface area contributed by atoms with Gasteiger partial charge in [-0.2, -0.15) is 5.26 Å². The first-order valence-electron chi connectivity index (χ1n) is 7.59. The molecule has 5 heteroatoms. The number of nitrogens with zero attached hydrogens (tertiary/aromatic N) is 2. The first kappa shape index (κ1) is 16.1. The molecule has 3 rings (SSSR count). The highest BCUT2D eigenvalue weighted by Crippen LogP contribution is 2.32. The zero-order valence-electron chi connectivity index (χ0n) is 13.4. The minimum absolute atomic E-state index is 0.470. The number of nitrogens with one attached hydrogen (secondary N) is 1. The maximum atomic E-state index is 9.48. The van der Waals surface area contributed by atoms with Gasteiger partial charge in [-0.1, -0.05) is 24.6 Å². The molecular weight excluding hydrogens is 322 g/mol. The lowest BCUT2D eigenvalue weighted by Crippen LogP contribution is -2.00. The van der Waals surface area contributed by atoms with Gasteiger partial charge in [0, 0.05) is 10.4 Å². The van der Waals surface area contributed by atoms with Crippen LogP contribution in [0.15, 0.2) is 42.5 Å². The van der Waals surface area contributed by atoms with Gasteiger partial charge in [0.2, 0.25) is 0 Å². The molecular formula is C19H16ClN3O. The normalized spacial score (nSPS) is 10.4. The Balaban J connectivity index is 2.09. The van der Waals surface area contributed by atoms with E-state index in [9.17, 15) is 5.26 Å². The van der Waals surface area contributed by atoms with E-state index in [1.807, 2.05) is 18.2 Å². The first-order chi connectivity index (χ1) is 11.6. The molecule has 0 saturated carbocycles. The largest absolute Gasteiger partial charge is 0.495 e. The number of benzene rings is 2. The van der Waals surface area contributed by atoms with Crippen molar-refractivity contribution in [3.8, 4) is 11.8 Å². The molecule has 1 heterocycles. The van der Waals surface area contributed by atoms with Gasteiger partial charge in [-0.3, -0.25) is 0 Å². The topological polar surface area (TPSA) is 57.9 Å². The van der Waals surface area contributed by atoms with Crippen LogP contribution >= 0.6 is 11.6 Å². The second kappa shape index (κ2) is 6.77. The number of aryl methyl sites for hydroxylation is 1. The SMILES string of the molecule is CCc1ccc2nc(Nc3cc(Cl)ccc3OC)c(C#N)cc2c1. The molecule has 0 atom stereocenters. The molecule has 0 fully saturated rings. The third-order valence-corrected chi connectivity index (χ3v) is 4.06. The molecule has 0 aliphatic rings. The number of rotatable bonds is 4. The third kappa shape index (κ3) is 3.12. The number of pyridine rings is 1. The van der Waals surface area contributed by atoms with Crippen molar-refractivity contribution >= 4 is 34.0 Å². The number of ether oxygens (including phenoxy) is 1. The van der Waals surface area contributed by atoms with E-state index in [0.29, 0.717) is 27.8 Å². The van der Waals surface area contributed by atoms with Crippen LogP contribution in [0.4, 0.5) is 11.5 Å². The number of halogens is 1. The second-order valence-corrected chi connectivity index (χ2v) is 5.78. The summed E-state index contributed by atoms with van der Waals surface area (Å²) in [5, 5.41) is 14.2. The molecule has 0 aliphatic heterocycles. The summed E-state index contributed by atoms with van der Waals surface area (Å²) in [6.45, 7) is 2.10. The van der Waals surface area contributed by atoms with Crippen LogP contribution in [0.25, 0.3) is 10.9 Å². The quantitative estimate of drug-likeness (QED) is 0.721. The monoisotopic (exact) mass is 337 g/mol. The summed E-state index contributed by atoms with van der Waals surface area (Å²) < 4.78 is 5.33. The summed E-state index contributed by atoms with van der Waals surface area (Å²) in [5.41, 5.74) is 3.18. The third-order valence-electron chi connectivity index (χ3n) is 3.82. The van der Waals surface area contributed by atoms with Crippen LogP contribution in [-0.4, -0.2) is 12.1 Å². The fourth-order valence-corrected chi connectivity index (χ4v) is 2.70. The lowest BCUT2D eigenvalue weighted by Gasteiger charge is -2.13. The van der Waals surface area contributed by atoms with E-state index in [1.165, 1.54) is 5.56 Å². The van der Waals surface area contributed by atoms with Gasteiger partial charge >= 0.3 is 0 Å². The standard InChI is InChI=1S/C19H16ClN3O/c1-3-12-4-6-16-13(8-12)9-14(11-21)19(22-16)23-17-10-15(20)5-7-18(17)24-2/h4-10H,3H2,1-2H3,(H,22,23). The highest BCUT2D eigenvalue weighted by molar-refractivity contribution is 6.31. The number of hydrogen-bond donors (Lipinski definition) is 1. The van der Waals surface area contributed by atoms with Crippen LogP contribution in [0.2, 0.25) is 5.02 Å². The number of nitriles is 1. The maximum Gasteiger partial charge on any atom is 0.149 e. The Morgan fingerprint density at radius 2 is 2.04 bits per heavy atom. The maximum absolute atomic E-state index is 9.48. The summed E-state index contributed by atoms with van der Waals surface area (Å²) in [7, 11) is 1.58. The number of methoxy groups -OCH3 is 1. The van der Waals surface area contributed by atoms with Gasteiger partial charge in [-0.25, -0.2) is 4.98 Å². The molecule has 3 aromatic rings. The van der Waals surface area contributed by atoms with E-state index < -0.39 is 0 Å². The molecule has 120 valence electrons. The van der Waals surface area contributed by atoms with Crippen molar-refractivity contribution in [2.75, 3.05) is 12.4 Å². The summed E-state index contributed by atoms with van der Waals surface area (Å²) in [4.78, 5) is 4.59. The van der Waals surface area contributed by atoms with Crippen molar-refractivity contribution < 1.29 is 4.74 Å². The Kier molecular flexibility index (Phi) is 4.54. The van der Waals surface area contributed by atoms with Crippen molar-refractivity contribution in [1.82, 2.24) is 4.98 Å². The number of anilines is 2. The molecule has 1 N–H and O–H groups in total. The highest BCUT2D eigenvalue weighted by atomic mass is 35.5. The van der Waals surface area contributed by atoms with Gasteiger partial charge in [-0.15, -0.1) is 0 Å². The molecule has 1 aromatic heterocycles. The minimum atomic E-state index is 0.470. The Morgan fingerprint density at radius 3 is 2.75 bits per heavy atom.